The van der Waals surface area contributed by atoms with Crippen molar-refractivity contribution >= 4 is 123 Å². The number of aromatic nitrogens is 2. The molecule has 10 amide bonds. The first-order chi connectivity index (χ1) is 60.8. The highest BCUT2D eigenvalue weighted by Gasteiger charge is 2.54. The molecule has 0 fully saturated rings. The van der Waals surface area contributed by atoms with Gasteiger partial charge >= 0.3 is 5.97 Å². The van der Waals surface area contributed by atoms with Crippen molar-refractivity contribution < 1.29 is 81.7 Å². The number of benzene rings is 8. The van der Waals surface area contributed by atoms with Crippen LogP contribution in [0.15, 0.2) is 211 Å². The van der Waals surface area contributed by atoms with E-state index in [9.17, 15) is 53.1 Å². The Morgan fingerprint density at radius 2 is 0.881 bits per heavy atom. The lowest BCUT2D eigenvalue weighted by atomic mass is 9.77. The Morgan fingerprint density at radius 1 is 0.460 bits per heavy atom. The second kappa shape index (κ2) is 43.6. The van der Waals surface area contributed by atoms with E-state index in [1.54, 1.807) is 134 Å². The van der Waals surface area contributed by atoms with Gasteiger partial charge in [0.05, 0.1) is 16.6 Å². The number of primary amides is 1. The molecule has 1 unspecified atom stereocenters. The fourth-order valence-electron chi connectivity index (χ4n) is 15.5. The monoisotopic (exact) mass is 1770 g/mol. The Labute approximate surface area is 740 Å². The highest BCUT2D eigenvalue weighted by atomic mass is 32.2. The number of para-hydroxylation sites is 2. The minimum absolute atomic E-state index is 0.0121. The molecule has 0 saturated heterocycles. The first-order valence-corrected chi connectivity index (χ1v) is 43.9. The number of unbranched alkanes of at least 4 members (excludes halogenated alkanes) is 2. The quantitative estimate of drug-likeness (QED) is 0.0125. The molecular weight excluding hydrogens is 1670 g/mol. The Bertz CT molecular complexity index is 5560. The van der Waals surface area contributed by atoms with E-state index in [1.165, 1.54) is 43.3 Å². The number of nitrogens with one attached hydrogen (secondary N) is 12. The van der Waals surface area contributed by atoms with Crippen molar-refractivity contribution in [3.05, 3.63) is 257 Å². The minimum Gasteiger partial charge on any atom is -0.508 e. The first-order valence-electron chi connectivity index (χ1n) is 41.5. The number of aromatic hydroxyl groups is 2. The number of aliphatic hydroxyl groups is 1. The van der Waals surface area contributed by atoms with Crippen molar-refractivity contribution in [1.82, 2.24) is 62.5 Å². The number of ether oxygens (including phenoxy) is 2. The van der Waals surface area contributed by atoms with E-state index in [0.717, 1.165) is 0 Å². The largest absolute Gasteiger partial charge is 0.508 e. The van der Waals surface area contributed by atoms with E-state index in [0.29, 0.717) is 79.2 Å². The number of H-pyrrole nitrogens is 2. The molecule has 8 aromatic carbocycles. The molecule has 19 N–H and O–H groups in total. The van der Waals surface area contributed by atoms with Crippen LogP contribution in [0, 0.1) is 0 Å². The van der Waals surface area contributed by atoms with E-state index in [1.807, 2.05) is 36.4 Å². The lowest BCUT2D eigenvalue weighted by Gasteiger charge is -2.36. The zero-order valence-corrected chi connectivity index (χ0v) is 71.5. The van der Waals surface area contributed by atoms with Gasteiger partial charge in [-0.2, -0.15) is 25.3 Å². The van der Waals surface area contributed by atoms with Crippen LogP contribution in [0.25, 0.3) is 21.8 Å². The molecule has 0 bridgehead atoms. The molecule has 660 valence electrons. The zero-order valence-electron chi connectivity index (χ0n) is 68.9. The van der Waals surface area contributed by atoms with Crippen LogP contribution in [0.5, 0.6) is 23.0 Å². The van der Waals surface area contributed by atoms with E-state index >= 15 is 19.2 Å². The number of hydrogen-bond acceptors (Lipinski definition) is 20. The van der Waals surface area contributed by atoms with Crippen LogP contribution in [0.1, 0.15) is 113 Å². The van der Waals surface area contributed by atoms with Crippen molar-refractivity contribution in [2.75, 3.05) is 24.6 Å². The maximum Gasteiger partial charge on any atom is 0.340 e. The summed E-state index contributed by atoms with van der Waals surface area (Å²) >= 11 is 8.68. The number of thiol groups is 2. The van der Waals surface area contributed by atoms with Gasteiger partial charge in [-0.3, -0.25) is 47.9 Å². The summed E-state index contributed by atoms with van der Waals surface area (Å²) < 4.78 is 29.3. The third-order valence-corrected chi connectivity index (χ3v) is 23.7. The fourth-order valence-corrected chi connectivity index (χ4v) is 16.9. The van der Waals surface area contributed by atoms with Gasteiger partial charge < -0.3 is 94.1 Å². The third-order valence-electron chi connectivity index (χ3n) is 22.0. The summed E-state index contributed by atoms with van der Waals surface area (Å²) in [6.07, 6.45) is 2.17. The molecule has 4 heterocycles. The van der Waals surface area contributed by atoms with E-state index < -0.39 is 142 Å². The molecule has 126 heavy (non-hydrogen) atoms. The number of carbonyl (C=O) groups excluding carboxylic acids is 11. The van der Waals surface area contributed by atoms with Crippen molar-refractivity contribution in [3.63, 3.8) is 0 Å². The SMILES string of the molecule is C[C@@H](O)[C@H](NC(=O)[C@H](CCCCN)NC(=O)[C@@H](Cc1c[nH]c2ccccc12)NC(=O)[C@H](Cc1c[nH]c2ccccc12)NC(=O)[C@H](Cc1ccccc1)NC(=O)[C@H](CCS)NC(=O)[C@@H](Cc1ccccc1)NC(=O)CCCCNS(=O)c1ccc2c(c1)C1(OC2=O)c2ccc(O)cc2Oc2cc(O)ccc21)C(=O)N[C@@H](Cc1ccccc1)C(=O)N[C@@H](CCS)C(N)=O. The number of amides is 10. The smallest absolute Gasteiger partial charge is 0.340 e. The number of carbonyl (C=O) groups is 11. The fraction of sp³-hybridized carbons (Fsp3) is 0.315. The van der Waals surface area contributed by atoms with Gasteiger partial charge in [0.15, 0.2) is 5.60 Å². The molecule has 2 aromatic heterocycles. The van der Waals surface area contributed by atoms with E-state index in [4.69, 9.17) is 20.9 Å². The molecule has 0 saturated carbocycles. The van der Waals surface area contributed by atoms with E-state index in [-0.39, 0.29) is 129 Å². The number of aromatic amines is 2. The predicted octanol–water partition coefficient (Wildman–Crippen LogP) is 5.62. The van der Waals surface area contributed by atoms with Crippen molar-refractivity contribution in [1.29, 1.82) is 0 Å². The highest BCUT2D eigenvalue weighted by molar-refractivity contribution is 7.83. The van der Waals surface area contributed by atoms with Crippen LogP contribution >= 0.6 is 25.3 Å². The number of nitrogens with two attached hydrogens (primary N) is 2. The number of esters is 1. The summed E-state index contributed by atoms with van der Waals surface area (Å²) in [5.74, 6) is -8.58. The molecule has 1 spiro atoms. The second-order valence-corrected chi connectivity index (χ2v) is 33.2. The van der Waals surface area contributed by atoms with Crippen molar-refractivity contribution in [2.45, 2.75) is 161 Å². The Balaban J connectivity index is 0.748. The molecule has 10 aromatic rings. The summed E-state index contributed by atoms with van der Waals surface area (Å²) in [7, 11) is -1.86. The average Bonchev–Trinajstić information content (AvgIpc) is 1.50. The van der Waals surface area contributed by atoms with Crippen LogP contribution in [-0.4, -0.2) is 180 Å². The number of rotatable bonds is 44. The Hall–Kier alpha value is -12.9. The summed E-state index contributed by atoms with van der Waals surface area (Å²) in [5, 5.41) is 58.4. The Kier molecular flexibility index (Phi) is 32.0. The van der Waals surface area contributed by atoms with Gasteiger partial charge in [0.1, 0.15) is 88.4 Å². The molecular formula is C92H102N14O17S3. The molecule has 2 aliphatic heterocycles. The normalized spacial score (nSPS) is 14.9. The van der Waals surface area contributed by atoms with Gasteiger partial charge in [0, 0.05) is 108 Å². The van der Waals surface area contributed by atoms with Gasteiger partial charge in [-0.15, -0.1) is 0 Å². The van der Waals surface area contributed by atoms with E-state index in [2.05, 4.69) is 87.8 Å². The standard InChI is InChI=1S/C92H102N14O17S3/c1-53(107)81(90(119)105-75(45-56-23-9-4-10-24-56)86(115)99-70(37-41-124)82(94)111)106-84(113)71(29-15-17-39-93)100-88(117)76(46-57-51-95-68-27-13-11-25-62(57)68)104-89(118)77(47-58-52-96-69-28-14-12-26-63(58)69)103-87(116)74(44-55-21-7-3-8-22-55)102-83(112)72(38-42-125)101-85(114)73(43-54-19-5-2-6-20-54)98-80(110)30-16-18-40-97-126(121)61-33-34-64-67(50-61)92(123-91(64)120)65-35-31-59(108)48-78(65)122-79-49-60(109)32-36-66(79)92/h2-14,19-28,31-36,48-53,70-77,81,95-97,107-109,124-125H,15-18,29-30,37-47,93H2,1H3,(H2,94,111)(H,98,110)(H,99,115)(H,100,117)(H,101,114)(H,102,112)(H,103,116)(H,104,118)(H,105,119)(H,106,113)/t53-,70+,71+,72+,73-,74+,75+,76-,77+,81+,126?/m1/s1. The number of phenols is 2. The van der Waals surface area contributed by atoms with Gasteiger partial charge in [-0.25, -0.2) is 13.7 Å². The molecule has 0 radical (unpaired) electrons. The number of fused-ring (bicyclic) bond motifs is 8. The number of aliphatic hydroxyl groups excluding tert-OH is 1. The van der Waals surface area contributed by atoms with Gasteiger partial charge in [0.2, 0.25) is 59.1 Å². The maximum absolute atomic E-state index is 15.7. The summed E-state index contributed by atoms with van der Waals surface area (Å²) in [5.41, 5.74) is 15.7. The summed E-state index contributed by atoms with van der Waals surface area (Å²) in [6, 6.07) is 41.2. The van der Waals surface area contributed by atoms with Gasteiger partial charge in [-0.05, 0) is 152 Å². The van der Waals surface area contributed by atoms with Crippen LogP contribution in [-0.2, 0) is 101 Å². The lowest BCUT2D eigenvalue weighted by molar-refractivity contribution is -0.137. The van der Waals surface area contributed by atoms with Crippen molar-refractivity contribution in [3.8, 4) is 23.0 Å². The zero-order chi connectivity index (χ0) is 89.6. The molecule has 11 atom stereocenters. The van der Waals surface area contributed by atoms with Crippen LogP contribution in [0.3, 0.4) is 0 Å². The molecule has 34 heteroatoms. The Morgan fingerprint density at radius 3 is 1.36 bits per heavy atom. The summed E-state index contributed by atoms with van der Waals surface area (Å²) in [4.78, 5) is 167. The second-order valence-electron chi connectivity index (χ2n) is 31.0. The number of hydrogen-bond donors (Lipinski definition) is 19. The lowest BCUT2D eigenvalue weighted by Crippen LogP contribution is -2.62. The predicted molar refractivity (Wildman–Crippen MR) is 479 cm³/mol. The summed E-state index contributed by atoms with van der Waals surface area (Å²) in [6.45, 7) is 1.59. The van der Waals surface area contributed by atoms with Crippen LogP contribution in [0.4, 0.5) is 0 Å². The first kappa shape index (κ1) is 92.3. The minimum atomic E-state index is -1.86. The molecule has 2 aliphatic rings. The van der Waals surface area contributed by atoms with Gasteiger partial charge in [0.25, 0.3) is 0 Å². The molecule has 0 aliphatic carbocycles. The van der Waals surface area contributed by atoms with Crippen LogP contribution in [0.2, 0.25) is 0 Å². The average molecular weight is 1770 g/mol. The number of phenolic OH excluding ortho intramolecular Hbond substituents is 2. The van der Waals surface area contributed by atoms with Gasteiger partial charge in [-0.1, -0.05) is 127 Å². The highest BCUT2D eigenvalue weighted by Crippen LogP contribution is 2.57. The van der Waals surface area contributed by atoms with Crippen molar-refractivity contribution in [2.24, 2.45) is 11.5 Å². The maximum atomic E-state index is 15.7. The third kappa shape index (κ3) is 23.4. The van der Waals surface area contributed by atoms with Crippen LogP contribution < -0.4 is 68.8 Å². The topological polar surface area (TPSA) is 488 Å². The molecule has 12 rings (SSSR count). The molecule has 31 nitrogen and oxygen atoms in total.